The van der Waals surface area contributed by atoms with Crippen LogP contribution in [0.15, 0.2) is 42.5 Å². The number of rotatable bonds is 5. The minimum absolute atomic E-state index is 0.233. The van der Waals surface area contributed by atoms with Gasteiger partial charge in [-0.2, -0.15) is 0 Å². The van der Waals surface area contributed by atoms with Crippen molar-refractivity contribution in [3.8, 4) is 5.75 Å². The third-order valence-electron chi connectivity index (χ3n) is 3.93. The minimum Gasteiger partial charge on any atom is -0.496 e. The number of ether oxygens (including phenoxy) is 1. The summed E-state index contributed by atoms with van der Waals surface area (Å²) in [5.74, 6) is 0.950. The van der Waals surface area contributed by atoms with Crippen LogP contribution < -0.4 is 10.1 Å². The summed E-state index contributed by atoms with van der Waals surface area (Å²) in [5, 5.41) is 3.65. The Kier molecular flexibility index (Phi) is 5.03. The van der Waals surface area contributed by atoms with Crippen molar-refractivity contribution in [1.82, 2.24) is 5.32 Å². The first-order valence-corrected chi connectivity index (χ1v) is 7.48. The smallest absolute Gasteiger partial charge is 0.123 e. The Morgan fingerprint density at radius 3 is 2.10 bits per heavy atom. The fraction of sp³-hybridized carbons (Fsp3) is 0.368. The van der Waals surface area contributed by atoms with Gasteiger partial charge in [0.05, 0.1) is 7.11 Å². The lowest BCUT2D eigenvalue weighted by Gasteiger charge is -2.22. The number of hydrogen-bond donors (Lipinski definition) is 1. The van der Waals surface area contributed by atoms with Crippen molar-refractivity contribution in [2.75, 3.05) is 7.11 Å². The van der Waals surface area contributed by atoms with E-state index in [9.17, 15) is 0 Å². The number of methoxy groups -OCH3 is 1. The van der Waals surface area contributed by atoms with Crippen LogP contribution in [0.1, 0.15) is 48.2 Å². The maximum Gasteiger partial charge on any atom is 0.123 e. The highest BCUT2D eigenvalue weighted by atomic mass is 16.5. The zero-order chi connectivity index (χ0) is 15.4. The monoisotopic (exact) mass is 283 g/mol. The van der Waals surface area contributed by atoms with Crippen molar-refractivity contribution < 1.29 is 4.74 Å². The van der Waals surface area contributed by atoms with Crippen LogP contribution in [0.4, 0.5) is 0 Å². The van der Waals surface area contributed by atoms with Crippen LogP contribution in [0.5, 0.6) is 5.75 Å². The Balaban J connectivity index is 2.13. The van der Waals surface area contributed by atoms with Gasteiger partial charge in [-0.25, -0.2) is 0 Å². The van der Waals surface area contributed by atoms with Gasteiger partial charge >= 0.3 is 0 Å². The lowest BCUT2D eigenvalue weighted by molar-refractivity contribution is 0.396. The molecule has 0 amide bonds. The summed E-state index contributed by atoms with van der Waals surface area (Å²) in [7, 11) is 1.73. The van der Waals surface area contributed by atoms with Crippen molar-refractivity contribution >= 4 is 0 Å². The predicted molar refractivity (Wildman–Crippen MR) is 88.9 cm³/mol. The molecule has 0 saturated carbocycles. The first-order chi connectivity index (χ1) is 10.0. The van der Waals surface area contributed by atoms with Gasteiger partial charge in [-0.1, -0.05) is 42.0 Å². The number of benzene rings is 2. The van der Waals surface area contributed by atoms with Crippen molar-refractivity contribution in [2.24, 2.45) is 0 Å². The molecular weight excluding hydrogens is 258 g/mol. The Hall–Kier alpha value is -1.80. The van der Waals surface area contributed by atoms with Gasteiger partial charge in [-0.3, -0.25) is 0 Å². The van der Waals surface area contributed by atoms with E-state index in [4.69, 9.17) is 4.74 Å². The molecule has 0 saturated heterocycles. The SMILES string of the molecule is COc1cc(C)ccc1C(C)NC(C)c1ccc(C)cc1. The Morgan fingerprint density at radius 2 is 1.48 bits per heavy atom. The predicted octanol–water partition coefficient (Wildman–Crippen LogP) is 4.72. The average molecular weight is 283 g/mol. The molecule has 1 N–H and O–H groups in total. The molecule has 2 rings (SSSR count). The van der Waals surface area contributed by atoms with E-state index >= 15 is 0 Å². The number of nitrogens with one attached hydrogen (secondary N) is 1. The van der Waals surface area contributed by atoms with Crippen LogP contribution in [0.2, 0.25) is 0 Å². The summed E-state index contributed by atoms with van der Waals surface area (Å²) in [5.41, 5.74) is 5.01. The molecule has 21 heavy (non-hydrogen) atoms. The van der Waals surface area contributed by atoms with E-state index in [1.807, 2.05) is 0 Å². The molecule has 0 bridgehead atoms. The molecule has 112 valence electrons. The minimum atomic E-state index is 0.233. The van der Waals surface area contributed by atoms with Crippen molar-refractivity contribution in [3.05, 3.63) is 64.7 Å². The molecule has 2 aromatic carbocycles. The average Bonchev–Trinajstić information content (AvgIpc) is 2.47. The van der Waals surface area contributed by atoms with E-state index in [1.54, 1.807) is 7.11 Å². The Bertz CT molecular complexity index is 589. The fourth-order valence-corrected chi connectivity index (χ4v) is 2.59. The summed E-state index contributed by atoms with van der Waals surface area (Å²) in [6.07, 6.45) is 0. The van der Waals surface area contributed by atoms with E-state index in [0.29, 0.717) is 6.04 Å². The summed E-state index contributed by atoms with van der Waals surface area (Å²) >= 11 is 0. The molecule has 2 unspecified atom stereocenters. The van der Waals surface area contributed by atoms with Crippen LogP contribution in [-0.2, 0) is 0 Å². The maximum absolute atomic E-state index is 5.51. The first-order valence-electron chi connectivity index (χ1n) is 7.48. The van der Waals surface area contributed by atoms with E-state index in [0.717, 1.165) is 5.75 Å². The Morgan fingerprint density at radius 1 is 0.857 bits per heavy atom. The summed E-state index contributed by atoms with van der Waals surface area (Å²) in [4.78, 5) is 0. The molecule has 2 heteroatoms. The van der Waals surface area contributed by atoms with Gasteiger partial charge in [0.2, 0.25) is 0 Å². The van der Waals surface area contributed by atoms with E-state index < -0.39 is 0 Å². The van der Waals surface area contributed by atoms with E-state index in [-0.39, 0.29) is 6.04 Å². The van der Waals surface area contributed by atoms with Gasteiger partial charge < -0.3 is 10.1 Å². The molecule has 0 radical (unpaired) electrons. The topological polar surface area (TPSA) is 21.3 Å². The molecule has 0 spiro atoms. The molecule has 0 aromatic heterocycles. The first kappa shape index (κ1) is 15.6. The zero-order valence-electron chi connectivity index (χ0n) is 13.6. The van der Waals surface area contributed by atoms with Gasteiger partial charge in [-0.05, 0) is 44.9 Å². The van der Waals surface area contributed by atoms with Crippen LogP contribution in [-0.4, -0.2) is 7.11 Å². The van der Waals surface area contributed by atoms with Crippen molar-refractivity contribution in [1.29, 1.82) is 0 Å². The number of aryl methyl sites for hydroxylation is 2. The lowest BCUT2D eigenvalue weighted by atomic mass is 10.0. The summed E-state index contributed by atoms with van der Waals surface area (Å²) in [6.45, 7) is 8.57. The Labute approximate surface area is 128 Å². The molecule has 2 nitrogen and oxygen atoms in total. The van der Waals surface area contributed by atoms with E-state index in [1.165, 1.54) is 22.3 Å². The highest BCUT2D eigenvalue weighted by molar-refractivity contribution is 5.39. The van der Waals surface area contributed by atoms with Crippen LogP contribution >= 0.6 is 0 Å². The zero-order valence-corrected chi connectivity index (χ0v) is 13.6. The third kappa shape index (κ3) is 3.85. The summed E-state index contributed by atoms with van der Waals surface area (Å²) < 4.78 is 5.51. The maximum atomic E-state index is 5.51. The van der Waals surface area contributed by atoms with Gasteiger partial charge in [0.1, 0.15) is 5.75 Å². The quantitative estimate of drug-likeness (QED) is 0.857. The highest BCUT2D eigenvalue weighted by Gasteiger charge is 2.14. The molecule has 2 aromatic rings. The van der Waals surface area contributed by atoms with Gasteiger partial charge in [0.15, 0.2) is 0 Å². The summed E-state index contributed by atoms with van der Waals surface area (Å²) in [6, 6.07) is 15.6. The molecule has 0 aliphatic heterocycles. The molecule has 0 aliphatic carbocycles. The van der Waals surface area contributed by atoms with Gasteiger partial charge in [0, 0.05) is 17.6 Å². The number of hydrogen-bond acceptors (Lipinski definition) is 2. The molecule has 0 fully saturated rings. The molecule has 0 heterocycles. The van der Waals surface area contributed by atoms with Crippen LogP contribution in [0.25, 0.3) is 0 Å². The molecule has 2 atom stereocenters. The van der Waals surface area contributed by atoms with Crippen molar-refractivity contribution in [2.45, 2.75) is 39.8 Å². The largest absolute Gasteiger partial charge is 0.496 e. The van der Waals surface area contributed by atoms with Crippen LogP contribution in [0, 0.1) is 13.8 Å². The lowest BCUT2D eigenvalue weighted by Crippen LogP contribution is -2.23. The normalized spacial score (nSPS) is 13.8. The molecular formula is C19H25NO. The van der Waals surface area contributed by atoms with Crippen LogP contribution in [0.3, 0.4) is 0 Å². The second-order valence-electron chi connectivity index (χ2n) is 5.77. The van der Waals surface area contributed by atoms with Gasteiger partial charge in [0.25, 0.3) is 0 Å². The van der Waals surface area contributed by atoms with Gasteiger partial charge in [-0.15, -0.1) is 0 Å². The fourth-order valence-electron chi connectivity index (χ4n) is 2.59. The molecule has 0 aliphatic rings. The van der Waals surface area contributed by atoms with E-state index in [2.05, 4.69) is 75.5 Å². The standard InChI is InChI=1S/C19H25NO/c1-13-6-9-17(10-7-13)15(3)20-16(4)18-11-8-14(2)12-19(18)21-5/h6-12,15-16,20H,1-5H3. The highest BCUT2D eigenvalue weighted by Crippen LogP contribution is 2.28. The second kappa shape index (κ2) is 6.77. The second-order valence-corrected chi connectivity index (χ2v) is 5.77. The van der Waals surface area contributed by atoms with Crippen molar-refractivity contribution in [3.63, 3.8) is 0 Å². The third-order valence-corrected chi connectivity index (χ3v) is 3.93.